The second kappa shape index (κ2) is 39.8. The maximum atomic E-state index is 10.2. The van der Waals surface area contributed by atoms with E-state index in [1.165, 1.54) is 116 Å². The van der Waals surface area contributed by atoms with Gasteiger partial charge in [0.15, 0.2) is 0 Å². The first-order chi connectivity index (χ1) is 20.3. The van der Waals surface area contributed by atoms with Crippen LogP contribution in [0.25, 0.3) is 0 Å². The van der Waals surface area contributed by atoms with Crippen molar-refractivity contribution in [3.63, 3.8) is 0 Å². The fraction of sp³-hybridized carbons (Fsp3) is 0.944. The molecular weight excluding hydrogens is 736 g/mol. The molecule has 0 aliphatic carbocycles. The van der Waals surface area contributed by atoms with Crippen molar-refractivity contribution in [2.45, 2.75) is 219 Å². The molecule has 43 heavy (non-hydrogen) atoms. The molecular formula is C36H70O6Pb. The monoisotopic (exact) mass is 806 g/mol. The van der Waals surface area contributed by atoms with E-state index in [1.807, 2.05) is 0 Å². The van der Waals surface area contributed by atoms with E-state index in [9.17, 15) is 30.0 Å². The van der Waals surface area contributed by atoms with E-state index >= 15 is 0 Å². The second-order valence-corrected chi connectivity index (χ2v) is 12.5. The third kappa shape index (κ3) is 46.3. The second-order valence-electron chi connectivity index (χ2n) is 12.5. The molecule has 6 nitrogen and oxygen atoms in total. The van der Waals surface area contributed by atoms with Gasteiger partial charge in [0, 0.05) is 11.9 Å². The van der Waals surface area contributed by atoms with Gasteiger partial charge >= 0.3 is 27.3 Å². The maximum Gasteiger partial charge on any atom is 2.00 e. The Hall–Kier alpha value is -0.218. The number of unbranched alkanes of at least 4 members (excludes halogenated alkanes) is 20. The van der Waals surface area contributed by atoms with Crippen molar-refractivity contribution in [3.8, 4) is 0 Å². The Balaban J connectivity index is -0.000000727. The van der Waals surface area contributed by atoms with Crippen LogP contribution in [0.5, 0.6) is 0 Å². The van der Waals surface area contributed by atoms with Crippen LogP contribution >= 0.6 is 0 Å². The zero-order valence-corrected chi connectivity index (χ0v) is 32.3. The topological polar surface area (TPSA) is 121 Å². The number of carboxylic acids is 2. The molecule has 0 aromatic rings. The van der Waals surface area contributed by atoms with E-state index in [-0.39, 0.29) is 52.3 Å². The van der Waals surface area contributed by atoms with Crippen LogP contribution in [0.2, 0.25) is 0 Å². The smallest absolute Gasteiger partial charge is 0.550 e. The quantitative estimate of drug-likeness (QED) is 0.0535. The summed E-state index contributed by atoms with van der Waals surface area (Å²) < 4.78 is 0. The summed E-state index contributed by atoms with van der Waals surface area (Å²) in [6.45, 7) is 4.50. The Kier molecular flexibility index (Phi) is 43.7. The molecule has 0 aliphatic rings. The van der Waals surface area contributed by atoms with E-state index in [1.54, 1.807) is 0 Å². The molecule has 7 heteroatoms. The van der Waals surface area contributed by atoms with Crippen LogP contribution in [0.4, 0.5) is 0 Å². The predicted octanol–water partition coefficient (Wildman–Crippen LogP) is 7.56. The summed E-state index contributed by atoms with van der Waals surface area (Å²) in [7, 11) is 0. The first-order valence-corrected chi connectivity index (χ1v) is 18.1. The third-order valence-electron chi connectivity index (χ3n) is 8.12. The Bertz CT molecular complexity index is 512. The van der Waals surface area contributed by atoms with Crippen LogP contribution < -0.4 is 10.2 Å². The number of aliphatic hydroxyl groups is 2. The average Bonchev–Trinajstić information content (AvgIpc) is 2.95. The molecule has 0 spiro atoms. The summed E-state index contributed by atoms with van der Waals surface area (Å²) in [6.07, 6.45) is 32.0. The van der Waals surface area contributed by atoms with Crippen LogP contribution in [-0.2, 0) is 9.59 Å². The summed E-state index contributed by atoms with van der Waals surface area (Å²) >= 11 is 0. The minimum absolute atomic E-state index is 0. The number of carboxylic acid groups (broad SMARTS) is 2. The SMILES string of the molecule is CCCCCCCCCCCCC(O)CCCCC(=O)[O-].CCCCCCCCCCCCC(O)CCCCC(=O)[O-].[Pb+2]. The van der Waals surface area contributed by atoms with Crippen LogP contribution in [0.1, 0.15) is 206 Å². The van der Waals surface area contributed by atoms with Crippen molar-refractivity contribution in [1.29, 1.82) is 0 Å². The molecule has 254 valence electrons. The van der Waals surface area contributed by atoms with Gasteiger partial charge in [0.2, 0.25) is 0 Å². The number of rotatable bonds is 32. The molecule has 0 aliphatic heterocycles. The third-order valence-corrected chi connectivity index (χ3v) is 8.12. The summed E-state index contributed by atoms with van der Waals surface area (Å²) in [5.41, 5.74) is 0. The van der Waals surface area contributed by atoms with Gasteiger partial charge in [-0.05, 0) is 51.4 Å². The predicted molar refractivity (Wildman–Crippen MR) is 178 cm³/mol. The van der Waals surface area contributed by atoms with Crippen molar-refractivity contribution in [2.24, 2.45) is 0 Å². The molecule has 2 radical (unpaired) electrons. The zero-order chi connectivity index (χ0) is 31.5. The first kappa shape index (κ1) is 47.2. The number of aliphatic hydroxyl groups excluding tert-OH is 2. The molecule has 0 saturated carbocycles. The number of hydrogen-bond donors (Lipinski definition) is 2. The van der Waals surface area contributed by atoms with E-state index in [4.69, 9.17) is 0 Å². The van der Waals surface area contributed by atoms with Gasteiger partial charge in [-0.1, -0.05) is 155 Å². The Labute approximate surface area is 286 Å². The standard InChI is InChI=1S/2C18H36O3.Pb/c2*1-2-3-4-5-6-7-8-9-10-11-14-17(19)15-12-13-16-18(20)21;/h2*17,19H,2-16H2,1H3,(H,20,21);/q;;+2/p-2. The van der Waals surface area contributed by atoms with Crippen LogP contribution in [0.15, 0.2) is 0 Å². The zero-order valence-electron chi connectivity index (χ0n) is 28.4. The Morgan fingerprint density at radius 1 is 0.419 bits per heavy atom. The molecule has 0 aromatic carbocycles. The molecule has 0 amide bonds. The minimum Gasteiger partial charge on any atom is -0.550 e. The van der Waals surface area contributed by atoms with E-state index in [0.717, 1.165) is 51.4 Å². The normalized spacial score (nSPS) is 12.2. The van der Waals surface area contributed by atoms with Gasteiger partial charge in [0.05, 0.1) is 12.2 Å². The van der Waals surface area contributed by atoms with Crippen molar-refractivity contribution < 1.29 is 30.0 Å². The van der Waals surface area contributed by atoms with E-state index in [0.29, 0.717) is 12.8 Å². The Morgan fingerprint density at radius 3 is 0.860 bits per heavy atom. The molecule has 0 bridgehead atoms. The van der Waals surface area contributed by atoms with Crippen molar-refractivity contribution in [3.05, 3.63) is 0 Å². The van der Waals surface area contributed by atoms with Crippen molar-refractivity contribution >= 4 is 39.2 Å². The van der Waals surface area contributed by atoms with Gasteiger partial charge in [-0.15, -0.1) is 0 Å². The summed E-state index contributed by atoms with van der Waals surface area (Å²) in [5.74, 6) is -1.97. The fourth-order valence-corrected chi connectivity index (χ4v) is 5.32. The fourth-order valence-electron chi connectivity index (χ4n) is 5.32. The van der Waals surface area contributed by atoms with Gasteiger partial charge in [-0.3, -0.25) is 0 Å². The first-order valence-electron chi connectivity index (χ1n) is 18.1. The molecule has 2 N–H and O–H groups in total. The molecule has 0 fully saturated rings. The van der Waals surface area contributed by atoms with Crippen molar-refractivity contribution in [2.75, 3.05) is 0 Å². The minimum atomic E-state index is -0.987. The molecule has 2 unspecified atom stereocenters. The van der Waals surface area contributed by atoms with Crippen LogP contribution in [0, 0.1) is 0 Å². The molecule has 2 atom stereocenters. The number of carbonyl (C=O) groups is 2. The number of carbonyl (C=O) groups excluding carboxylic acids is 2. The van der Waals surface area contributed by atoms with E-state index in [2.05, 4.69) is 13.8 Å². The van der Waals surface area contributed by atoms with Gasteiger partial charge in [0.1, 0.15) is 0 Å². The number of hydrogen-bond acceptors (Lipinski definition) is 6. The number of aliphatic carboxylic acids is 2. The van der Waals surface area contributed by atoms with Crippen molar-refractivity contribution in [1.82, 2.24) is 0 Å². The summed E-state index contributed by atoms with van der Waals surface area (Å²) in [6, 6.07) is 0. The van der Waals surface area contributed by atoms with Gasteiger partial charge in [-0.25, -0.2) is 0 Å². The van der Waals surface area contributed by atoms with E-state index < -0.39 is 11.9 Å². The van der Waals surface area contributed by atoms with Crippen LogP contribution in [0.3, 0.4) is 0 Å². The molecule has 0 heterocycles. The van der Waals surface area contributed by atoms with Crippen LogP contribution in [-0.4, -0.2) is 61.7 Å². The average molecular weight is 806 g/mol. The van der Waals surface area contributed by atoms with Gasteiger partial charge in [0.25, 0.3) is 0 Å². The summed E-state index contributed by atoms with van der Waals surface area (Å²) in [5, 5.41) is 40.0. The maximum absolute atomic E-state index is 10.2. The molecule has 0 rings (SSSR count). The Morgan fingerprint density at radius 2 is 0.628 bits per heavy atom. The molecule has 0 aromatic heterocycles. The molecule has 0 saturated heterocycles. The van der Waals surface area contributed by atoms with Gasteiger partial charge in [-0.2, -0.15) is 0 Å². The largest absolute Gasteiger partial charge is 2.00 e. The summed E-state index contributed by atoms with van der Waals surface area (Å²) in [4.78, 5) is 20.5. The van der Waals surface area contributed by atoms with Gasteiger partial charge < -0.3 is 30.0 Å².